The second-order valence-electron chi connectivity index (χ2n) is 5.09. The van der Waals surface area contributed by atoms with Crippen LogP contribution in [0.4, 0.5) is 0 Å². The van der Waals surface area contributed by atoms with E-state index < -0.39 is 11.9 Å². The number of amides is 1. The number of ether oxygens (including phenoxy) is 1. The van der Waals surface area contributed by atoms with Gasteiger partial charge in [-0.05, 0) is 29.6 Å². The van der Waals surface area contributed by atoms with Gasteiger partial charge in [0.25, 0.3) is 5.91 Å². The van der Waals surface area contributed by atoms with E-state index in [2.05, 4.69) is 10.3 Å². The number of nitrogens with one attached hydrogen (secondary N) is 1. The molecule has 0 radical (unpaired) electrons. The summed E-state index contributed by atoms with van der Waals surface area (Å²) in [6, 6.07) is 8.21. The van der Waals surface area contributed by atoms with E-state index in [4.69, 9.17) is 32.4 Å². The molecule has 0 fully saturated rings. The molecule has 0 aliphatic heterocycles. The van der Waals surface area contributed by atoms with Gasteiger partial charge < -0.3 is 14.5 Å². The van der Waals surface area contributed by atoms with Crippen LogP contribution in [0.25, 0.3) is 10.8 Å². The third-order valence-electron chi connectivity index (χ3n) is 3.24. The van der Waals surface area contributed by atoms with E-state index in [1.165, 1.54) is 35.8 Å². The van der Waals surface area contributed by atoms with E-state index in [0.29, 0.717) is 22.2 Å². The molecule has 1 aromatic carbocycles. The Hall–Kier alpha value is -2.35. The van der Waals surface area contributed by atoms with E-state index in [1.54, 1.807) is 0 Å². The molecular formula is C17H12Cl2N2O4S. The Kier molecular flexibility index (Phi) is 5.92. The third kappa shape index (κ3) is 4.63. The van der Waals surface area contributed by atoms with Crippen molar-refractivity contribution < 1.29 is 18.7 Å². The quantitative estimate of drug-likeness (QED) is 0.616. The number of rotatable bonds is 6. The Balaban J connectivity index is 1.47. The molecule has 134 valence electrons. The van der Waals surface area contributed by atoms with E-state index in [-0.39, 0.29) is 18.2 Å². The van der Waals surface area contributed by atoms with Gasteiger partial charge in [0.1, 0.15) is 25.1 Å². The Morgan fingerprint density at radius 1 is 1.23 bits per heavy atom. The number of thiophene rings is 1. The summed E-state index contributed by atoms with van der Waals surface area (Å²) < 4.78 is 10.4. The van der Waals surface area contributed by atoms with Crippen molar-refractivity contribution in [3.8, 4) is 10.8 Å². The van der Waals surface area contributed by atoms with Gasteiger partial charge in [0.15, 0.2) is 0 Å². The monoisotopic (exact) mass is 410 g/mol. The molecule has 0 atom stereocenters. The van der Waals surface area contributed by atoms with Crippen LogP contribution in [0, 0.1) is 0 Å². The maximum Gasteiger partial charge on any atom is 0.325 e. The van der Waals surface area contributed by atoms with Crippen molar-refractivity contribution in [3.05, 3.63) is 63.3 Å². The summed E-state index contributed by atoms with van der Waals surface area (Å²) >= 11 is 13.2. The van der Waals surface area contributed by atoms with Gasteiger partial charge in [-0.25, -0.2) is 4.98 Å². The Labute approximate surface area is 162 Å². The van der Waals surface area contributed by atoms with Crippen molar-refractivity contribution in [2.24, 2.45) is 0 Å². The van der Waals surface area contributed by atoms with E-state index >= 15 is 0 Å². The third-order valence-corrected chi connectivity index (χ3v) is 4.84. The predicted octanol–water partition coefficient (Wildman–Crippen LogP) is 4.18. The van der Waals surface area contributed by atoms with E-state index in [1.807, 2.05) is 17.5 Å². The summed E-state index contributed by atoms with van der Waals surface area (Å²) in [6.45, 7) is -0.328. The van der Waals surface area contributed by atoms with Gasteiger partial charge in [0, 0.05) is 5.56 Å². The Bertz CT molecular complexity index is 925. The van der Waals surface area contributed by atoms with Crippen LogP contribution in [-0.2, 0) is 16.1 Å². The minimum Gasteiger partial charge on any atom is -0.458 e. The summed E-state index contributed by atoms with van der Waals surface area (Å²) in [7, 11) is 0. The van der Waals surface area contributed by atoms with Crippen LogP contribution in [0.1, 0.15) is 16.1 Å². The second-order valence-corrected chi connectivity index (χ2v) is 6.86. The van der Waals surface area contributed by atoms with Crippen LogP contribution >= 0.6 is 34.5 Å². The van der Waals surface area contributed by atoms with Gasteiger partial charge in [-0.2, -0.15) is 0 Å². The number of esters is 1. The maximum absolute atomic E-state index is 12.0. The van der Waals surface area contributed by atoms with Gasteiger partial charge in [0.2, 0.25) is 5.89 Å². The second kappa shape index (κ2) is 8.35. The highest BCUT2D eigenvalue weighted by Crippen LogP contribution is 2.24. The van der Waals surface area contributed by atoms with Gasteiger partial charge in [-0.3, -0.25) is 9.59 Å². The first-order valence-electron chi connectivity index (χ1n) is 7.40. The first-order valence-corrected chi connectivity index (χ1v) is 9.03. The fourth-order valence-electron chi connectivity index (χ4n) is 1.98. The number of halogens is 2. The summed E-state index contributed by atoms with van der Waals surface area (Å²) in [5, 5.41) is 4.97. The number of carbonyl (C=O) groups is 2. The molecule has 0 unspecified atom stereocenters. The summed E-state index contributed by atoms with van der Waals surface area (Å²) in [6.07, 6.45) is 1.43. The minimum atomic E-state index is -0.598. The summed E-state index contributed by atoms with van der Waals surface area (Å²) in [5.74, 6) is -0.583. The highest BCUT2D eigenvalue weighted by atomic mass is 35.5. The smallest absolute Gasteiger partial charge is 0.325 e. The molecule has 0 aliphatic rings. The average molecular weight is 411 g/mol. The Morgan fingerprint density at radius 2 is 2.08 bits per heavy atom. The number of hydrogen-bond acceptors (Lipinski definition) is 6. The first kappa shape index (κ1) is 18.4. The standard InChI is InChI=1S/C17H12Cl2N2O4S/c18-12-4-3-10(6-13(12)19)16(23)20-7-15(22)24-8-11-9-25-17(21-11)14-2-1-5-26-14/h1-6,9H,7-8H2,(H,20,23). The molecule has 9 heteroatoms. The van der Waals surface area contributed by atoms with Crippen LogP contribution < -0.4 is 5.32 Å². The molecule has 1 amide bonds. The largest absolute Gasteiger partial charge is 0.458 e. The number of hydrogen-bond donors (Lipinski definition) is 1. The van der Waals surface area contributed by atoms with Crippen LogP contribution in [0.5, 0.6) is 0 Å². The lowest BCUT2D eigenvalue weighted by molar-refractivity contribution is -0.143. The van der Waals surface area contributed by atoms with Crippen LogP contribution in [0.2, 0.25) is 10.0 Å². The van der Waals surface area contributed by atoms with Gasteiger partial charge >= 0.3 is 5.97 Å². The SMILES string of the molecule is O=C(CNC(=O)c1ccc(Cl)c(Cl)c1)OCc1coc(-c2cccs2)n1. The summed E-state index contributed by atoms with van der Waals surface area (Å²) in [4.78, 5) is 28.9. The first-order chi connectivity index (χ1) is 12.5. The number of aromatic nitrogens is 1. The zero-order valence-corrected chi connectivity index (χ0v) is 15.5. The van der Waals surface area contributed by atoms with Gasteiger partial charge in [-0.15, -0.1) is 11.3 Å². The summed E-state index contributed by atoms with van der Waals surface area (Å²) in [5.41, 5.74) is 0.779. The van der Waals surface area contributed by atoms with Crippen molar-refractivity contribution >= 4 is 46.4 Å². The zero-order chi connectivity index (χ0) is 18.5. The number of nitrogens with zero attached hydrogens (tertiary/aromatic N) is 1. The Morgan fingerprint density at radius 3 is 2.81 bits per heavy atom. The lowest BCUT2D eigenvalue weighted by atomic mass is 10.2. The van der Waals surface area contributed by atoms with E-state index in [0.717, 1.165) is 4.88 Å². The van der Waals surface area contributed by atoms with Crippen molar-refractivity contribution in [1.29, 1.82) is 0 Å². The number of oxazole rings is 1. The molecule has 0 spiro atoms. The molecule has 2 heterocycles. The highest BCUT2D eigenvalue weighted by Gasteiger charge is 2.12. The average Bonchev–Trinajstić information content (AvgIpc) is 3.31. The maximum atomic E-state index is 12.0. The fraction of sp³-hybridized carbons (Fsp3) is 0.118. The fourth-order valence-corrected chi connectivity index (χ4v) is 2.94. The molecule has 3 rings (SSSR count). The lowest BCUT2D eigenvalue weighted by Gasteiger charge is -2.06. The van der Waals surface area contributed by atoms with Crippen molar-refractivity contribution in [2.45, 2.75) is 6.61 Å². The molecule has 1 N–H and O–H groups in total. The minimum absolute atomic E-state index is 0.0453. The molecule has 0 saturated carbocycles. The zero-order valence-electron chi connectivity index (χ0n) is 13.2. The van der Waals surface area contributed by atoms with Crippen molar-refractivity contribution in [1.82, 2.24) is 10.3 Å². The molecule has 0 saturated heterocycles. The molecule has 6 nitrogen and oxygen atoms in total. The molecule has 3 aromatic rings. The molecular weight excluding hydrogens is 399 g/mol. The highest BCUT2D eigenvalue weighted by molar-refractivity contribution is 7.13. The van der Waals surface area contributed by atoms with Crippen molar-refractivity contribution in [3.63, 3.8) is 0 Å². The number of carbonyl (C=O) groups excluding carboxylic acids is 2. The molecule has 2 aromatic heterocycles. The van der Waals surface area contributed by atoms with Crippen molar-refractivity contribution in [2.75, 3.05) is 6.54 Å². The van der Waals surface area contributed by atoms with Crippen LogP contribution in [-0.4, -0.2) is 23.4 Å². The topological polar surface area (TPSA) is 81.4 Å². The lowest BCUT2D eigenvalue weighted by Crippen LogP contribution is -2.30. The predicted molar refractivity (Wildman–Crippen MR) is 98.4 cm³/mol. The van der Waals surface area contributed by atoms with Crippen LogP contribution in [0.15, 0.2) is 46.4 Å². The number of benzene rings is 1. The van der Waals surface area contributed by atoms with Gasteiger partial charge in [-0.1, -0.05) is 29.3 Å². The van der Waals surface area contributed by atoms with Gasteiger partial charge in [0.05, 0.1) is 14.9 Å². The molecule has 26 heavy (non-hydrogen) atoms. The van der Waals surface area contributed by atoms with E-state index in [9.17, 15) is 9.59 Å². The normalized spacial score (nSPS) is 10.5. The molecule has 0 bridgehead atoms. The van der Waals surface area contributed by atoms with Crippen LogP contribution in [0.3, 0.4) is 0 Å². The molecule has 0 aliphatic carbocycles.